The van der Waals surface area contributed by atoms with Crippen LogP contribution in [0.3, 0.4) is 0 Å². The summed E-state index contributed by atoms with van der Waals surface area (Å²) in [6, 6.07) is 6.12. The van der Waals surface area contributed by atoms with E-state index in [9.17, 15) is 4.79 Å². The van der Waals surface area contributed by atoms with Crippen molar-refractivity contribution in [3.8, 4) is 5.69 Å². The number of nitrogens with zero attached hydrogens (tertiary/aromatic N) is 5. The third kappa shape index (κ3) is 4.10. The normalized spacial score (nSPS) is 10.8. The number of aryl methyl sites for hydroxylation is 2. The molecule has 1 heterocycles. The SMILES string of the molecule is CCN(CC)C(=O)CSCc1nnnn1-c1c(C)cccc1C. The number of carbonyl (C=O) groups is 1. The average Bonchev–Trinajstić information content (AvgIpc) is 2.96. The minimum absolute atomic E-state index is 0.158. The van der Waals surface area contributed by atoms with Crippen LogP contribution in [0.1, 0.15) is 30.8 Å². The highest BCUT2D eigenvalue weighted by molar-refractivity contribution is 7.99. The van der Waals surface area contributed by atoms with Crippen LogP contribution in [-0.2, 0) is 10.5 Å². The van der Waals surface area contributed by atoms with Crippen LogP contribution in [0.5, 0.6) is 0 Å². The summed E-state index contributed by atoms with van der Waals surface area (Å²) in [4.78, 5) is 13.9. The zero-order valence-electron chi connectivity index (χ0n) is 14.1. The summed E-state index contributed by atoms with van der Waals surface area (Å²) < 4.78 is 1.78. The second-order valence-electron chi connectivity index (χ2n) is 5.31. The van der Waals surface area contributed by atoms with Gasteiger partial charge in [-0.15, -0.1) is 16.9 Å². The van der Waals surface area contributed by atoms with Crippen molar-refractivity contribution in [3.05, 3.63) is 35.2 Å². The Morgan fingerprint density at radius 3 is 2.48 bits per heavy atom. The number of hydrogen-bond acceptors (Lipinski definition) is 5. The van der Waals surface area contributed by atoms with Gasteiger partial charge in [-0.1, -0.05) is 18.2 Å². The van der Waals surface area contributed by atoms with Crippen LogP contribution in [-0.4, -0.2) is 49.9 Å². The molecule has 0 atom stereocenters. The molecule has 6 nitrogen and oxygen atoms in total. The number of benzene rings is 1. The molecule has 0 fully saturated rings. The highest BCUT2D eigenvalue weighted by atomic mass is 32.2. The van der Waals surface area contributed by atoms with Crippen molar-refractivity contribution in [2.24, 2.45) is 0 Å². The summed E-state index contributed by atoms with van der Waals surface area (Å²) in [6.07, 6.45) is 0. The molecule has 0 saturated heterocycles. The molecule has 23 heavy (non-hydrogen) atoms. The Morgan fingerprint density at radius 1 is 1.22 bits per heavy atom. The molecule has 0 unspecified atom stereocenters. The largest absolute Gasteiger partial charge is 0.343 e. The molecule has 7 heteroatoms. The average molecular weight is 333 g/mol. The molecule has 0 N–H and O–H groups in total. The molecule has 0 spiro atoms. The Morgan fingerprint density at radius 2 is 1.87 bits per heavy atom. The minimum Gasteiger partial charge on any atom is -0.343 e. The van der Waals surface area contributed by atoms with Gasteiger partial charge in [-0.3, -0.25) is 4.79 Å². The number of hydrogen-bond donors (Lipinski definition) is 0. The smallest absolute Gasteiger partial charge is 0.232 e. The topological polar surface area (TPSA) is 63.9 Å². The molecule has 0 radical (unpaired) electrons. The lowest BCUT2D eigenvalue weighted by Crippen LogP contribution is -2.31. The first kappa shape index (κ1) is 17.5. The van der Waals surface area contributed by atoms with Gasteiger partial charge in [0.25, 0.3) is 0 Å². The van der Waals surface area contributed by atoms with Crippen molar-refractivity contribution in [2.75, 3.05) is 18.8 Å². The standard InChI is InChI=1S/C16H23N5OS/c1-5-20(6-2)15(22)11-23-10-14-17-18-19-21(14)16-12(3)8-7-9-13(16)4/h7-9H,5-6,10-11H2,1-4H3. The molecule has 0 aliphatic carbocycles. The van der Waals surface area contributed by atoms with Crippen LogP contribution < -0.4 is 0 Å². The maximum Gasteiger partial charge on any atom is 0.232 e. The van der Waals surface area contributed by atoms with Gasteiger partial charge in [-0.05, 0) is 49.2 Å². The zero-order valence-corrected chi connectivity index (χ0v) is 14.9. The van der Waals surface area contributed by atoms with Crippen LogP contribution in [0.15, 0.2) is 18.2 Å². The quantitative estimate of drug-likeness (QED) is 0.778. The summed E-state index contributed by atoms with van der Waals surface area (Å²) in [7, 11) is 0. The summed E-state index contributed by atoms with van der Waals surface area (Å²) in [6.45, 7) is 9.57. The summed E-state index contributed by atoms with van der Waals surface area (Å²) >= 11 is 1.54. The molecule has 0 aliphatic heterocycles. The van der Waals surface area contributed by atoms with E-state index in [1.807, 2.05) is 50.8 Å². The maximum atomic E-state index is 12.0. The molecule has 2 aromatic rings. The summed E-state index contributed by atoms with van der Waals surface area (Å²) in [5.41, 5.74) is 3.27. The van der Waals surface area contributed by atoms with Crippen molar-refractivity contribution in [2.45, 2.75) is 33.4 Å². The lowest BCUT2D eigenvalue weighted by atomic mass is 10.1. The Kier molecular flexibility index (Phi) is 6.15. The fraction of sp³-hybridized carbons (Fsp3) is 0.500. The van der Waals surface area contributed by atoms with E-state index in [0.29, 0.717) is 11.5 Å². The van der Waals surface area contributed by atoms with Gasteiger partial charge in [0.15, 0.2) is 5.82 Å². The highest BCUT2D eigenvalue weighted by Gasteiger charge is 2.14. The van der Waals surface area contributed by atoms with Crippen molar-refractivity contribution < 1.29 is 4.79 Å². The predicted octanol–water partition coefficient (Wildman–Crippen LogP) is 2.38. The van der Waals surface area contributed by atoms with Gasteiger partial charge in [-0.2, -0.15) is 4.68 Å². The number of amides is 1. The molecule has 0 bridgehead atoms. The van der Waals surface area contributed by atoms with Crippen LogP contribution >= 0.6 is 11.8 Å². The van der Waals surface area contributed by atoms with E-state index < -0.39 is 0 Å². The maximum absolute atomic E-state index is 12.0. The fourth-order valence-electron chi connectivity index (χ4n) is 2.51. The van der Waals surface area contributed by atoms with Gasteiger partial charge in [-0.25, -0.2) is 0 Å². The lowest BCUT2D eigenvalue weighted by molar-refractivity contribution is -0.127. The van der Waals surface area contributed by atoms with Gasteiger partial charge >= 0.3 is 0 Å². The third-order valence-electron chi connectivity index (χ3n) is 3.76. The molecular weight excluding hydrogens is 310 g/mol. The fourth-order valence-corrected chi connectivity index (χ4v) is 3.33. The predicted molar refractivity (Wildman–Crippen MR) is 92.7 cm³/mol. The molecular formula is C16H23N5OS. The molecule has 0 aliphatic rings. The Labute approximate surface area is 141 Å². The van der Waals surface area contributed by atoms with Gasteiger partial charge in [0.1, 0.15) is 0 Å². The first-order chi connectivity index (χ1) is 11.1. The molecule has 1 aromatic carbocycles. The lowest BCUT2D eigenvalue weighted by Gasteiger charge is -2.18. The third-order valence-corrected chi connectivity index (χ3v) is 4.67. The second-order valence-corrected chi connectivity index (χ2v) is 6.29. The van der Waals surface area contributed by atoms with E-state index in [2.05, 4.69) is 15.5 Å². The van der Waals surface area contributed by atoms with E-state index in [0.717, 1.165) is 35.7 Å². The van der Waals surface area contributed by atoms with Gasteiger partial charge in [0, 0.05) is 13.1 Å². The van der Waals surface area contributed by atoms with Crippen molar-refractivity contribution in [1.82, 2.24) is 25.1 Å². The van der Waals surface area contributed by atoms with Gasteiger partial charge < -0.3 is 4.90 Å². The number of tetrazole rings is 1. The number of aromatic nitrogens is 4. The second kappa shape index (κ2) is 8.10. The van der Waals surface area contributed by atoms with Crippen molar-refractivity contribution in [1.29, 1.82) is 0 Å². The summed E-state index contributed by atoms with van der Waals surface area (Å²) in [5, 5.41) is 12.0. The van der Waals surface area contributed by atoms with E-state index in [-0.39, 0.29) is 5.91 Å². The zero-order chi connectivity index (χ0) is 16.8. The van der Waals surface area contributed by atoms with E-state index >= 15 is 0 Å². The number of para-hydroxylation sites is 1. The molecule has 1 aromatic heterocycles. The van der Waals surface area contributed by atoms with Crippen molar-refractivity contribution >= 4 is 17.7 Å². The Balaban J connectivity index is 2.07. The number of carbonyl (C=O) groups excluding carboxylic acids is 1. The van der Waals surface area contributed by atoms with E-state index in [4.69, 9.17) is 0 Å². The van der Waals surface area contributed by atoms with E-state index in [1.54, 1.807) is 16.4 Å². The van der Waals surface area contributed by atoms with Crippen LogP contribution in [0.2, 0.25) is 0 Å². The minimum atomic E-state index is 0.158. The number of thioether (sulfide) groups is 1. The van der Waals surface area contributed by atoms with Gasteiger partial charge in [0.05, 0.1) is 17.2 Å². The molecule has 2 rings (SSSR count). The van der Waals surface area contributed by atoms with Gasteiger partial charge in [0.2, 0.25) is 5.91 Å². The number of rotatable bonds is 7. The van der Waals surface area contributed by atoms with Crippen LogP contribution in [0.25, 0.3) is 5.69 Å². The van der Waals surface area contributed by atoms with Crippen molar-refractivity contribution in [3.63, 3.8) is 0 Å². The molecule has 1 amide bonds. The van der Waals surface area contributed by atoms with E-state index in [1.165, 1.54) is 0 Å². The Bertz CT molecular complexity index is 646. The first-order valence-corrected chi connectivity index (χ1v) is 8.93. The highest BCUT2D eigenvalue weighted by Crippen LogP contribution is 2.20. The first-order valence-electron chi connectivity index (χ1n) is 7.77. The van der Waals surface area contributed by atoms with Crippen LogP contribution in [0, 0.1) is 13.8 Å². The summed E-state index contributed by atoms with van der Waals surface area (Å²) in [5.74, 6) is 1.97. The van der Waals surface area contributed by atoms with Crippen LogP contribution in [0.4, 0.5) is 0 Å². The molecule has 0 saturated carbocycles. The monoisotopic (exact) mass is 333 g/mol. The Hall–Kier alpha value is -1.89. The molecule has 124 valence electrons.